The van der Waals surface area contributed by atoms with E-state index in [0.29, 0.717) is 36.0 Å². The van der Waals surface area contributed by atoms with Crippen LogP contribution in [0.15, 0.2) is 48.8 Å². The zero-order valence-corrected chi connectivity index (χ0v) is 16.4. The lowest BCUT2D eigenvalue weighted by Gasteiger charge is -2.19. The molecule has 0 bridgehead atoms. The molecule has 4 rings (SSSR count). The highest BCUT2D eigenvalue weighted by atomic mass is 16.6. The number of carbonyl (C=O) groups is 1. The number of fused-ring (bicyclic) bond motifs is 1. The summed E-state index contributed by atoms with van der Waals surface area (Å²) in [6.45, 7) is 2.78. The Labute approximate surface area is 176 Å². The molecule has 0 fully saturated rings. The van der Waals surface area contributed by atoms with Gasteiger partial charge in [0.1, 0.15) is 19.5 Å². The Morgan fingerprint density at radius 1 is 1.03 bits per heavy atom. The van der Waals surface area contributed by atoms with Gasteiger partial charge in [0.2, 0.25) is 11.6 Å². The first-order valence-corrected chi connectivity index (χ1v) is 9.30. The third-order valence-corrected chi connectivity index (χ3v) is 4.42. The molecule has 0 radical (unpaired) electrons. The van der Waals surface area contributed by atoms with Gasteiger partial charge in [0.05, 0.1) is 4.92 Å². The lowest BCUT2D eigenvalue weighted by Crippen LogP contribution is -2.30. The number of aryl methyl sites for hydroxylation is 1. The molecule has 0 spiro atoms. The second-order valence-corrected chi connectivity index (χ2v) is 6.61. The van der Waals surface area contributed by atoms with Gasteiger partial charge in [0.15, 0.2) is 11.5 Å². The maximum atomic E-state index is 12.3. The van der Waals surface area contributed by atoms with E-state index in [9.17, 15) is 14.9 Å². The SMILES string of the molecule is Cc1ccc(C(=O)NNc2ncnc(Nc3ccc4c(c3)OCCO4)c2[N+](=O)[O-])cc1. The summed E-state index contributed by atoms with van der Waals surface area (Å²) in [6, 6.07) is 11.9. The minimum atomic E-state index is -0.638. The third-order valence-electron chi connectivity index (χ3n) is 4.42. The quantitative estimate of drug-likeness (QED) is 0.404. The molecular formula is C20H18N6O5. The van der Waals surface area contributed by atoms with Crippen LogP contribution in [-0.2, 0) is 0 Å². The largest absolute Gasteiger partial charge is 0.486 e. The number of hydrogen-bond acceptors (Lipinski definition) is 9. The van der Waals surface area contributed by atoms with Crippen LogP contribution in [0.25, 0.3) is 0 Å². The minimum Gasteiger partial charge on any atom is -0.486 e. The number of hydrazine groups is 1. The first-order valence-electron chi connectivity index (χ1n) is 9.30. The van der Waals surface area contributed by atoms with Crippen molar-refractivity contribution in [3.63, 3.8) is 0 Å². The molecule has 0 saturated carbocycles. The van der Waals surface area contributed by atoms with Gasteiger partial charge in [-0.1, -0.05) is 17.7 Å². The van der Waals surface area contributed by atoms with Crippen LogP contribution in [0.3, 0.4) is 0 Å². The molecule has 1 aliphatic heterocycles. The maximum absolute atomic E-state index is 12.3. The number of amides is 1. The molecule has 0 unspecified atom stereocenters. The number of nitrogens with one attached hydrogen (secondary N) is 3. The second kappa shape index (κ2) is 8.53. The maximum Gasteiger partial charge on any atom is 0.355 e. The Kier molecular flexibility index (Phi) is 5.47. The van der Waals surface area contributed by atoms with Gasteiger partial charge in [-0.05, 0) is 31.2 Å². The molecule has 1 amide bonds. The predicted molar refractivity (Wildman–Crippen MR) is 112 cm³/mol. The van der Waals surface area contributed by atoms with Gasteiger partial charge in [-0.25, -0.2) is 9.97 Å². The van der Waals surface area contributed by atoms with Gasteiger partial charge < -0.3 is 14.8 Å². The van der Waals surface area contributed by atoms with Gasteiger partial charge >= 0.3 is 5.69 Å². The molecule has 158 valence electrons. The van der Waals surface area contributed by atoms with Crippen LogP contribution in [0.5, 0.6) is 11.5 Å². The highest BCUT2D eigenvalue weighted by Crippen LogP contribution is 2.36. The summed E-state index contributed by atoms with van der Waals surface area (Å²) >= 11 is 0. The Hall–Kier alpha value is -4.41. The number of anilines is 3. The normalized spacial score (nSPS) is 12.0. The van der Waals surface area contributed by atoms with E-state index in [1.807, 2.05) is 6.92 Å². The molecule has 0 atom stereocenters. The van der Waals surface area contributed by atoms with Gasteiger partial charge in [-0.3, -0.25) is 25.8 Å². The van der Waals surface area contributed by atoms with Crippen molar-refractivity contribution in [2.24, 2.45) is 0 Å². The van der Waals surface area contributed by atoms with E-state index in [4.69, 9.17) is 9.47 Å². The average Bonchev–Trinajstić information content (AvgIpc) is 2.77. The van der Waals surface area contributed by atoms with Crippen LogP contribution in [-0.4, -0.2) is 34.0 Å². The molecule has 1 aromatic heterocycles. The highest BCUT2D eigenvalue weighted by Gasteiger charge is 2.24. The average molecular weight is 422 g/mol. The zero-order valence-electron chi connectivity index (χ0n) is 16.4. The number of nitro groups is 1. The molecule has 2 heterocycles. The van der Waals surface area contributed by atoms with E-state index in [1.54, 1.807) is 42.5 Å². The lowest BCUT2D eigenvalue weighted by atomic mass is 10.1. The molecule has 3 aromatic rings. The topological polar surface area (TPSA) is 141 Å². The van der Waals surface area contributed by atoms with E-state index in [-0.39, 0.29) is 11.6 Å². The molecule has 31 heavy (non-hydrogen) atoms. The molecule has 11 heteroatoms. The van der Waals surface area contributed by atoms with Crippen molar-refractivity contribution >= 4 is 28.9 Å². The first kappa shape index (κ1) is 19.9. The van der Waals surface area contributed by atoms with Crippen LogP contribution in [0, 0.1) is 17.0 Å². The van der Waals surface area contributed by atoms with Gasteiger partial charge in [0.25, 0.3) is 5.91 Å². The molecular weight excluding hydrogens is 404 g/mol. The predicted octanol–water partition coefficient (Wildman–Crippen LogP) is 2.96. The smallest absolute Gasteiger partial charge is 0.355 e. The molecule has 0 aliphatic carbocycles. The summed E-state index contributed by atoms with van der Waals surface area (Å²) < 4.78 is 11.0. The minimum absolute atomic E-state index is 0.0521. The number of carbonyl (C=O) groups excluding carboxylic acids is 1. The monoisotopic (exact) mass is 422 g/mol. The van der Waals surface area contributed by atoms with Crippen molar-refractivity contribution < 1.29 is 19.2 Å². The molecule has 2 aromatic carbocycles. The van der Waals surface area contributed by atoms with Gasteiger partial charge in [-0.2, -0.15) is 0 Å². The Morgan fingerprint density at radius 3 is 2.48 bits per heavy atom. The van der Waals surface area contributed by atoms with E-state index in [0.717, 1.165) is 11.9 Å². The summed E-state index contributed by atoms with van der Waals surface area (Å²) in [4.78, 5) is 31.2. The summed E-state index contributed by atoms with van der Waals surface area (Å²) in [7, 11) is 0. The fraction of sp³-hybridized carbons (Fsp3) is 0.150. The number of hydrogen-bond donors (Lipinski definition) is 3. The summed E-state index contributed by atoms with van der Waals surface area (Å²) in [5.74, 6) is 0.436. The van der Waals surface area contributed by atoms with Crippen molar-refractivity contribution in [2.45, 2.75) is 6.92 Å². The number of nitrogens with zero attached hydrogens (tertiary/aromatic N) is 3. The molecule has 3 N–H and O–H groups in total. The van der Waals surface area contributed by atoms with Crippen LogP contribution in [0.4, 0.5) is 23.0 Å². The van der Waals surface area contributed by atoms with Crippen molar-refractivity contribution in [1.29, 1.82) is 0 Å². The summed E-state index contributed by atoms with van der Waals surface area (Å²) in [5.41, 5.74) is 6.40. The van der Waals surface area contributed by atoms with Crippen molar-refractivity contribution in [3.05, 3.63) is 70.0 Å². The van der Waals surface area contributed by atoms with Crippen LogP contribution in [0.1, 0.15) is 15.9 Å². The number of rotatable bonds is 6. The first-order chi connectivity index (χ1) is 15.0. The second-order valence-electron chi connectivity index (χ2n) is 6.61. The van der Waals surface area contributed by atoms with E-state index >= 15 is 0 Å². The Morgan fingerprint density at radius 2 is 1.74 bits per heavy atom. The third kappa shape index (κ3) is 4.45. The lowest BCUT2D eigenvalue weighted by molar-refractivity contribution is -0.383. The van der Waals surface area contributed by atoms with Crippen LogP contribution >= 0.6 is 0 Å². The zero-order chi connectivity index (χ0) is 21.8. The van der Waals surface area contributed by atoms with E-state index < -0.39 is 16.5 Å². The van der Waals surface area contributed by atoms with E-state index in [1.165, 1.54) is 0 Å². The van der Waals surface area contributed by atoms with Crippen molar-refractivity contribution in [3.8, 4) is 11.5 Å². The van der Waals surface area contributed by atoms with Crippen molar-refractivity contribution in [1.82, 2.24) is 15.4 Å². The van der Waals surface area contributed by atoms with Crippen LogP contribution < -0.4 is 25.6 Å². The standard InChI is InChI=1S/C20H18N6O5/c1-12-2-4-13(5-3-12)20(27)25-24-19-17(26(28)29)18(21-11-22-19)23-14-6-7-15-16(10-14)31-9-8-30-15/h2-7,10-11H,8-9H2,1H3,(H,25,27)(H2,21,22,23,24). The molecule has 0 saturated heterocycles. The number of benzene rings is 2. The number of ether oxygens (including phenoxy) is 2. The van der Waals surface area contributed by atoms with Crippen molar-refractivity contribution in [2.75, 3.05) is 24.0 Å². The number of aromatic nitrogens is 2. The van der Waals surface area contributed by atoms with E-state index in [2.05, 4.69) is 26.1 Å². The Bertz CT molecular complexity index is 1140. The summed E-state index contributed by atoms with van der Waals surface area (Å²) in [5, 5.41) is 14.6. The van der Waals surface area contributed by atoms with Gasteiger partial charge in [0, 0.05) is 17.3 Å². The fourth-order valence-electron chi connectivity index (χ4n) is 2.89. The summed E-state index contributed by atoms with van der Waals surface area (Å²) in [6.07, 6.45) is 1.15. The molecule has 11 nitrogen and oxygen atoms in total. The van der Waals surface area contributed by atoms with Gasteiger partial charge in [-0.15, -0.1) is 0 Å². The Balaban J connectivity index is 1.54. The molecule has 1 aliphatic rings. The van der Waals surface area contributed by atoms with Crippen LogP contribution in [0.2, 0.25) is 0 Å². The fourth-order valence-corrected chi connectivity index (χ4v) is 2.89. The highest BCUT2D eigenvalue weighted by molar-refractivity contribution is 5.95.